The molecular formula is C35H58N4O4. The van der Waals surface area contributed by atoms with Crippen LogP contribution in [-0.4, -0.2) is 74.1 Å². The Kier molecular flexibility index (Phi) is 8.56. The molecule has 2 aliphatic heterocycles. The molecule has 0 bridgehead atoms. The third-order valence-electron chi connectivity index (χ3n) is 13.8. The lowest BCUT2D eigenvalue weighted by Gasteiger charge is -2.60. The summed E-state index contributed by atoms with van der Waals surface area (Å²) in [6.45, 7) is 12.0. The Morgan fingerprint density at radius 2 is 1.81 bits per heavy atom. The molecule has 6 fully saturated rings. The summed E-state index contributed by atoms with van der Waals surface area (Å²) in [4.78, 5) is 41.5. The molecule has 8 nitrogen and oxygen atoms in total. The van der Waals surface area contributed by atoms with Crippen molar-refractivity contribution in [3.05, 3.63) is 0 Å². The molecule has 2 heterocycles. The first-order valence-electron chi connectivity index (χ1n) is 17.5. The van der Waals surface area contributed by atoms with E-state index < -0.39 is 0 Å². The Morgan fingerprint density at radius 1 is 1.02 bits per heavy atom. The van der Waals surface area contributed by atoms with Gasteiger partial charge in [-0.3, -0.25) is 19.7 Å². The number of carbonyl (C=O) groups excluding carboxylic acids is 3. The number of amides is 2. The highest BCUT2D eigenvalue weighted by molar-refractivity contribution is 5.97. The fraction of sp³-hybridized carbons (Fsp3) is 0.914. The normalized spacial score (nSPS) is 47.0. The first kappa shape index (κ1) is 31.5. The zero-order chi connectivity index (χ0) is 30.7. The van der Waals surface area contributed by atoms with E-state index in [4.69, 9.17) is 4.74 Å². The summed E-state index contributed by atoms with van der Waals surface area (Å²) in [5.74, 6) is 3.44. The number of rotatable bonds is 7. The van der Waals surface area contributed by atoms with Gasteiger partial charge in [-0.05, 0) is 113 Å². The second-order valence-corrected chi connectivity index (χ2v) is 16.4. The van der Waals surface area contributed by atoms with Crippen LogP contribution in [0.5, 0.6) is 0 Å². The zero-order valence-electron chi connectivity index (χ0n) is 27.7. The third-order valence-corrected chi connectivity index (χ3v) is 13.8. The van der Waals surface area contributed by atoms with Crippen LogP contribution >= 0.6 is 0 Å². The van der Waals surface area contributed by atoms with Crippen molar-refractivity contribution < 1.29 is 19.1 Å². The van der Waals surface area contributed by atoms with E-state index >= 15 is 0 Å². The highest BCUT2D eigenvalue weighted by Crippen LogP contribution is 2.70. The lowest BCUT2D eigenvalue weighted by molar-refractivity contribution is -0.160. The summed E-state index contributed by atoms with van der Waals surface area (Å²) in [6.07, 6.45) is 10.3. The van der Waals surface area contributed by atoms with Crippen molar-refractivity contribution in [2.45, 2.75) is 116 Å². The topological polar surface area (TPSA) is 99.8 Å². The number of ketones is 1. The molecule has 3 N–H and O–H groups in total. The van der Waals surface area contributed by atoms with Gasteiger partial charge in [0.05, 0.1) is 6.10 Å². The Labute approximate surface area is 259 Å². The monoisotopic (exact) mass is 598 g/mol. The number of carbonyl (C=O) groups is 3. The molecule has 4 aliphatic carbocycles. The average molecular weight is 599 g/mol. The number of Topliss-reactive ketones (excluding diaryl/α,β-unsaturated/α-hetero) is 1. The summed E-state index contributed by atoms with van der Waals surface area (Å²) in [7, 11) is 4.02. The molecule has 0 aromatic heterocycles. The predicted molar refractivity (Wildman–Crippen MR) is 167 cm³/mol. The Balaban J connectivity index is 1.07. The van der Waals surface area contributed by atoms with Crippen LogP contribution in [0.25, 0.3) is 0 Å². The summed E-state index contributed by atoms with van der Waals surface area (Å²) >= 11 is 0. The van der Waals surface area contributed by atoms with E-state index in [1.807, 2.05) is 14.1 Å². The van der Waals surface area contributed by atoms with Gasteiger partial charge in [0, 0.05) is 42.8 Å². The van der Waals surface area contributed by atoms with E-state index in [0.717, 1.165) is 51.6 Å². The standard InChI is InChI=1S/C35H58N4O4/c1-21-10-13-35(37-20-21)22(2)32-28(43-35)17-27-25-9-8-23-16-24(38-31(42)19-30(41)36-14-7-15-39(5)6)11-12-33(23,3)26(25)18-29(40)34(27,32)4/h21-28,32,37H,7-20H2,1-6H3,(H,36,41)(H,38,42)/t21-,22+,23+,24-,25-,26+,27+,28+,32+,33+,34-,35-/m1/s1. The summed E-state index contributed by atoms with van der Waals surface area (Å²) < 4.78 is 6.97. The fourth-order valence-corrected chi connectivity index (χ4v) is 11.4. The fourth-order valence-electron chi connectivity index (χ4n) is 11.4. The molecule has 1 spiro atoms. The number of fused-ring (bicyclic) bond motifs is 7. The first-order valence-corrected chi connectivity index (χ1v) is 17.5. The maximum Gasteiger partial charge on any atom is 0.229 e. The Morgan fingerprint density at radius 3 is 2.53 bits per heavy atom. The molecular weight excluding hydrogens is 540 g/mol. The van der Waals surface area contributed by atoms with Gasteiger partial charge in [-0.1, -0.05) is 27.7 Å². The number of piperidine rings is 1. The van der Waals surface area contributed by atoms with Crippen LogP contribution in [0, 0.1) is 52.3 Å². The summed E-state index contributed by atoms with van der Waals surface area (Å²) in [5, 5.41) is 9.88. The molecule has 0 unspecified atom stereocenters. The molecule has 0 radical (unpaired) electrons. The highest BCUT2D eigenvalue weighted by Gasteiger charge is 2.71. The quantitative estimate of drug-likeness (QED) is 0.301. The summed E-state index contributed by atoms with van der Waals surface area (Å²) in [6, 6.07) is 0.121. The van der Waals surface area contributed by atoms with E-state index in [1.165, 1.54) is 19.3 Å². The van der Waals surface area contributed by atoms with Gasteiger partial charge in [-0.25, -0.2) is 0 Å². The first-order chi connectivity index (χ1) is 20.4. The average Bonchev–Trinajstić information content (AvgIpc) is 3.40. The van der Waals surface area contributed by atoms with Crippen LogP contribution < -0.4 is 16.0 Å². The van der Waals surface area contributed by atoms with Crippen LogP contribution in [-0.2, 0) is 19.1 Å². The number of hydrogen-bond donors (Lipinski definition) is 3. The molecule has 2 saturated heterocycles. The van der Waals surface area contributed by atoms with Gasteiger partial charge in [0.15, 0.2) is 0 Å². The minimum absolute atomic E-state index is 0.0987. The van der Waals surface area contributed by atoms with Crippen LogP contribution in [0.2, 0.25) is 0 Å². The number of nitrogens with zero attached hydrogens (tertiary/aromatic N) is 1. The van der Waals surface area contributed by atoms with E-state index in [9.17, 15) is 14.4 Å². The molecule has 6 aliphatic rings. The van der Waals surface area contributed by atoms with Gasteiger partial charge in [0.2, 0.25) is 11.8 Å². The van der Waals surface area contributed by atoms with E-state index in [2.05, 4.69) is 48.5 Å². The van der Waals surface area contributed by atoms with Crippen LogP contribution in [0.15, 0.2) is 0 Å². The van der Waals surface area contributed by atoms with Crippen molar-refractivity contribution in [1.82, 2.24) is 20.9 Å². The molecule has 0 aromatic rings. The Hall–Kier alpha value is -1.51. The number of ether oxygens (including phenoxy) is 1. The molecule has 8 heteroatoms. The van der Waals surface area contributed by atoms with E-state index in [0.29, 0.717) is 60.2 Å². The molecule has 12 atom stereocenters. The molecule has 242 valence electrons. The largest absolute Gasteiger partial charge is 0.357 e. The molecule has 43 heavy (non-hydrogen) atoms. The third kappa shape index (κ3) is 5.39. The SMILES string of the molecule is C[C@@H]1CC[C@@]2(NC1)O[C@H]1C[C@H]3[C@@H]4CC[C@H]5C[C@H](NC(=O)CC(=O)NCCCN(C)C)CC[C@]5(C)[C@H]4CC(=O)[C@]3(C)[C@H]1[C@@H]2C. The van der Waals surface area contributed by atoms with Crippen molar-refractivity contribution in [2.75, 3.05) is 33.7 Å². The van der Waals surface area contributed by atoms with Crippen molar-refractivity contribution in [1.29, 1.82) is 0 Å². The van der Waals surface area contributed by atoms with Gasteiger partial charge in [0.25, 0.3) is 0 Å². The van der Waals surface area contributed by atoms with Crippen LogP contribution in [0.4, 0.5) is 0 Å². The van der Waals surface area contributed by atoms with Gasteiger partial charge < -0.3 is 20.3 Å². The van der Waals surface area contributed by atoms with E-state index in [1.54, 1.807) is 0 Å². The molecule has 2 amide bonds. The van der Waals surface area contributed by atoms with E-state index in [-0.39, 0.29) is 46.9 Å². The van der Waals surface area contributed by atoms with Gasteiger partial charge in [-0.2, -0.15) is 0 Å². The second kappa shape index (κ2) is 11.7. The van der Waals surface area contributed by atoms with Gasteiger partial charge in [-0.15, -0.1) is 0 Å². The van der Waals surface area contributed by atoms with Crippen LogP contribution in [0.3, 0.4) is 0 Å². The van der Waals surface area contributed by atoms with Crippen molar-refractivity contribution in [3.8, 4) is 0 Å². The van der Waals surface area contributed by atoms with Crippen molar-refractivity contribution in [3.63, 3.8) is 0 Å². The lowest BCUT2D eigenvalue weighted by Crippen LogP contribution is -2.60. The maximum atomic E-state index is 14.3. The van der Waals surface area contributed by atoms with Gasteiger partial charge in [0.1, 0.15) is 17.9 Å². The van der Waals surface area contributed by atoms with Gasteiger partial charge >= 0.3 is 0 Å². The Bertz CT molecular complexity index is 1090. The minimum atomic E-state index is -0.277. The van der Waals surface area contributed by atoms with Crippen molar-refractivity contribution in [2.24, 2.45) is 52.3 Å². The molecule has 0 aromatic carbocycles. The molecule has 6 rings (SSSR count). The maximum absolute atomic E-state index is 14.3. The lowest BCUT2D eigenvalue weighted by atomic mass is 9.44. The van der Waals surface area contributed by atoms with Crippen LogP contribution in [0.1, 0.15) is 98.3 Å². The van der Waals surface area contributed by atoms with Crippen molar-refractivity contribution >= 4 is 17.6 Å². The number of nitrogens with one attached hydrogen (secondary N) is 3. The second-order valence-electron chi connectivity index (χ2n) is 16.4. The minimum Gasteiger partial charge on any atom is -0.357 e. The molecule has 4 saturated carbocycles. The predicted octanol–water partition coefficient (Wildman–Crippen LogP) is 4.13. The summed E-state index contributed by atoms with van der Waals surface area (Å²) in [5.41, 5.74) is -0.384. The number of hydrogen-bond acceptors (Lipinski definition) is 6. The highest BCUT2D eigenvalue weighted by atomic mass is 16.5. The zero-order valence-corrected chi connectivity index (χ0v) is 27.7. The smallest absolute Gasteiger partial charge is 0.229 e.